The van der Waals surface area contributed by atoms with Crippen LogP contribution in [0, 0.1) is 11.6 Å². The fraction of sp³-hybridized carbons (Fsp3) is 0.320. The summed E-state index contributed by atoms with van der Waals surface area (Å²) in [6.07, 6.45) is 0.754. The van der Waals surface area contributed by atoms with Gasteiger partial charge in [0.2, 0.25) is 5.88 Å². The minimum Gasteiger partial charge on any atom is -0.478 e. The molecule has 1 N–H and O–H groups in total. The van der Waals surface area contributed by atoms with Crippen LogP contribution in [-0.2, 0) is 4.74 Å². The van der Waals surface area contributed by atoms with Crippen molar-refractivity contribution in [3.63, 3.8) is 0 Å². The van der Waals surface area contributed by atoms with Crippen molar-refractivity contribution in [3.05, 3.63) is 69.3 Å². The van der Waals surface area contributed by atoms with E-state index < -0.39 is 40.7 Å². The van der Waals surface area contributed by atoms with Gasteiger partial charge in [-0.25, -0.2) is 18.6 Å². The molecule has 0 bridgehead atoms. The number of ketones is 1. The summed E-state index contributed by atoms with van der Waals surface area (Å²) in [5.74, 6) is -2.59. The maximum Gasteiger partial charge on any atom is 0.408 e. The summed E-state index contributed by atoms with van der Waals surface area (Å²) in [4.78, 5) is 29.5. The molecule has 1 heterocycles. The van der Waals surface area contributed by atoms with Crippen molar-refractivity contribution < 1.29 is 27.8 Å². The number of hydrogen-bond donors (Lipinski definition) is 1. The Morgan fingerprint density at radius 3 is 2.41 bits per heavy atom. The number of ether oxygens (including phenoxy) is 2. The third kappa shape index (κ3) is 5.52. The lowest BCUT2D eigenvalue weighted by molar-refractivity contribution is 0.0507. The Bertz CT molecular complexity index is 1230. The number of halogens is 3. The number of aromatic nitrogens is 1. The van der Waals surface area contributed by atoms with E-state index >= 15 is 8.78 Å². The Labute approximate surface area is 204 Å². The molecule has 0 aliphatic heterocycles. The van der Waals surface area contributed by atoms with Crippen LogP contribution in [-0.4, -0.2) is 29.1 Å². The molecule has 9 heteroatoms. The van der Waals surface area contributed by atoms with Gasteiger partial charge < -0.3 is 14.8 Å². The summed E-state index contributed by atoms with van der Waals surface area (Å²) in [6, 6.07) is 6.12. The molecule has 0 aliphatic rings. The number of nitrogens with zero attached hydrogens (tertiary/aromatic N) is 1. The zero-order valence-corrected chi connectivity index (χ0v) is 21.0. The molecule has 1 amide bonds. The van der Waals surface area contributed by atoms with E-state index in [1.165, 1.54) is 12.3 Å². The summed E-state index contributed by atoms with van der Waals surface area (Å²) in [7, 11) is 0. The maximum atomic E-state index is 15.1. The van der Waals surface area contributed by atoms with Gasteiger partial charge in [-0.2, -0.15) is 0 Å². The number of nitrogens with one attached hydrogen (secondary N) is 1. The van der Waals surface area contributed by atoms with Crippen LogP contribution >= 0.6 is 15.9 Å². The Kier molecular flexibility index (Phi) is 7.55. The molecule has 0 radical (unpaired) electrons. The number of hydrogen-bond acceptors (Lipinski definition) is 5. The van der Waals surface area contributed by atoms with E-state index in [-0.39, 0.29) is 11.1 Å². The van der Waals surface area contributed by atoms with Crippen LogP contribution in [0.2, 0.25) is 0 Å². The highest BCUT2D eigenvalue weighted by Crippen LogP contribution is 2.34. The molecule has 0 aliphatic carbocycles. The fourth-order valence-corrected chi connectivity index (χ4v) is 3.97. The monoisotopic (exact) mass is 534 g/mol. The molecule has 1 aromatic heterocycles. The molecule has 0 fully saturated rings. The zero-order valence-electron chi connectivity index (χ0n) is 19.5. The molecule has 0 spiro atoms. The number of amides is 1. The van der Waals surface area contributed by atoms with Crippen LogP contribution in [0.3, 0.4) is 0 Å². The van der Waals surface area contributed by atoms with Crippen LogP contribution in [0.25, 0.3) is 10.8 Å². The van der Waals surface area contributed by atoms with Crippen LogP contribution in [0.15, 0.2) is 41.0 Å². The van der Waals surface area contributed by atoms with Crippen LogP contribution in [0.1, 0.15) is 62.1 Å². The second kappa shape index (κ2) is 10.0. The van der Waals surface area contributed by atoms with E-state index in [0.29, 0.717) is 27.7 Å². The Morgan fingerprint density at radius 1 is 1.18 bits per heavy atom. The molecule has 3 aromatic rings. The zero-order chi connectivity index (χ0) is 25.2. The van der Waals surface area contributed by atoms with Gasteiger partial charge in [-0.3, -0.25) is 4.79 Å². The van der Waals surface area contributed by atoms with Crippen LogP contribution in [0.4, 0.5) is 13.6 Å². The highest BCUT2D eigenvalue weighted by molar-refractivity contribution is 9.10. The third-order valence-corrected chi connectivity index (χ3v) is 5.48. The van der Waals surface area contributed by atoms with Crippen molar-refractivity contribution in [2.45, 2.75) is 46.3 Å². The number of benzene rings is 2. The molecular formula is C25H25BrF2N2O4. The summed E-state index contributed by atoms with van der Waals surface area (Å²) >= 11 is 3.38. The summed E-state index contributed by atoms with van der Waals surface area (Å²) in [5, 5.41) is 3.51. The second-order valence-corrected chi connectivity index (χ2v) is 9.48. The summed E-state index contributed by atoms with van der Waals surface area (Å²) < 4.78 is 41.3. The average Bonchev–Trinajstić information content (AvgIpc) is 2.73. The summed E-state index contributed by atoms with van der Waals surface area (Å²) in [6.45, 7) is 8.84. The Morgan fingerprint density at radius 2 is 1.82 bits per heavy atom. The van der Waals surface area contributed by atoms with E-state index in [1.54, 1.807) is 46.8 Å². The first kappa shape index (κ1) is 25.6. The van der Waals surface area contributed by atoms with Crippen molar-refractivity contribution in [2.24, 2.45) is 0 Å². The molecule has 6 nitrogen and oxygen atoms in total. The molecule has 1 atom stereocenters. The normalized spacial score (nSPS) is 12.4. The number of carbonyl (C=O) groups excluding carboxylic acids is 2. The maximum absolute atomic E-state index is 15.1. The van der Waals surface area contributed by atoms with Gasteiger partial charge in [0.25, 0.3) is 0 Å². The number of pyridine rings is 1. The molecular weight excluding hydrogens is 510 g/mol. The van der Waals surface area contributed by atoms with Gasteiger partial charge in [0.05, 0.1) is 18.2 Å². The summed E-state index contributed by atoms with van der Waals surface area (Å²) in [5.41, 5.74) is -1.17. The van der Waals surface area contributed by atoms with E-state index in [9.17, 15) is 9.59 Å². The molecule has 1 unspecified atom stereocenters. The van der Waals surface area contributed by atoms with Crippen LogP contribution in [0.5, 0.6) is 5.88 Å². The largest absolute Gasteiger partial charge is 0.478 e. The van der Waals surface area contributed by atoms with Crippen LogP contribution < -0.4 is 10.1 Å². The number of alkyl carbamates (subject to hydrolysis) is 1. The number of carbonyl (C=O) groups is 2. The smallest absolute Gasteiger partial charge is 0.408 e. The molecule has 2 aromatic carbocycles. The minimum atomic E-state index is -1.04. The highest BCUT2D eigenvalue weighted by Gasteiger charge is 2.25. The van der Waals surface area contributed by atoms with Gasteiger partial charge in [0, 0.05) is 27.0 Å². The first-order valence-electron chi connectivity index (χ1n) is 10.7. The first-order chi connectivity index (χ1) is 15.9. The van der Waals surface area contributed by atoms with Crippen molar-refractivity contribution in [3.8, 4) is 5.88 Å². The molecule has 0 saturated carbocycles. The molecule has 34 heavy (non-hydrogen) atoms. The molecule has 3 rings (SSSR count). The Hall–Kier alpha value is -3.07. The molecule has 0 saturated heterocycles. The van der Waals surface area contributed by atoms with Gasteiger partial charge in [-0.1, -0.05) is 12.1 Å². The molecule has 180 valence electrons. The quantitative estimate of drug-likeness (QED) is 0.365. The van der Waals surface area contributed by atoms with E-state index in [0.717, 1.165) is 12.1 Å². The lowest BCUT2D eigenvalue weighted by Gasteiger charge is -2.22. The standard InChI is InChI=1S/C25H25BrF2N2O4/c1-6-33-23-16-9-7-8-15(20(16)17(26)12-29-23)22(31)21-18(27)10-14(11-19(21)28)13(2)30-24(32)34-25(3,4)5/h7-13H,6H2,1-5H3,(H,30,32). The SMILES string of the molecule is CCOc1ncc(Br)c2c(C(=O)c3c(F)cc(C(C)NC(=O)OC(C)(C)C)cc3F)cccc12. The predicted molar refractivity (Wildman–Crippen MR) is 128 cm³/mol. The van der Waals surface area contributed by atoms with Gasteiger partial charge in [0.15, 0.2) is 5.78 Å². The fourth-order valence-electron chi connectivity index (χ4n) is 3.44. The van der Waals surface area contributed by atoms with Crippen molar-refractivity contribution in [1.82, 2.24) is 10.3 Å². The Balaban J connectivity index is 1.99. The van der Waals surface area contributed by atoms with Gasteiger partial charge in [0.1, 0.15) is 17.2 Å². The van der Waals surface area contributed by atoms with Crippen molar-refractivity contribution in [1.29, 1.82) is 0 Å². The first-order valence-corrected chi connectivity index (χ1v) is 11.5. The lowest BCUT2D eigenvalue weighted by atomic mass is 9.95. The second-order valence-electron chi connectivity index (χ2n) is 8.63. The van der Waals surface area contributed by atoms with Crippen molar-refractivity contribution >= 4 is 38.6 Å². The third-order valence-electron chi connectivity index (χ3n) is 4.88. The number of fused-ring (bicyclic) bond motifs is 1. The predicted octanol–water partition coefficient (Wildman–Crippen LogP) is 6.49. The minimum absolute atomic E-state index is 0.0956. The topological polar surface area (TPSA) is 77.5 Å². The van der Waals surface area contributed by atoms with Gasteiger partial charge >= 0.3 is 6.09 Å². The number of rotatable bonds is 6. The van der Waals surface area contributed by atoms with E-state index in [4.69, 9.17) is 9.47 Å². The van der Waals surface area contributed by atoms with Gasteiger partial charge in [-0.05, 0) is 74.3 Å². The highest BCUT2D eigenvalue weighted by atomic mass is 79.9. The van der Waals surface area contributed by atoms with E-state index in [2.05, 4.69) is 26.2 Å². The van der Waals surface area contributed by atoms with Crippen molar-refractivity contribution in [2.75, 3.05) is 6.61 Å². The van der Waals surface area contributed by atoms with Gasteiger partial charge in [-0.15, -0.1) is 0 Å². The average molecular weight is 535 g/mol. The van der Waals surface area contributed by atoms with E-state index in [1.807, 2.05) is 0 Å². The lowest BCUT2D eigenvalue weighted by Crippen LogP contribution is -2.34.